The topological polar surface area (TPSA) is 62.6 Å². The van der Waals surface area contributed by atoms with Crippen LogP contribution in [0.4, 0.5) is 5.69 Å². The van der Waals surface area contributed by atoms with Crippen molar-refractivity contribution in [1.29, 1.82) is 0 Å². The molecule has 1 aromatic heterocycles. The van der Waals surface area contributed by atoms with Gasteiger partial charge in [0, 0.05) is 53.6 Å². The molecule has 28 heavy (non-hydrogen) atoms. The zero-order valence-electron chi connectivity index (χ0n) is 16.0. The normalized spacial score (nSPS) is 13.7. The fourth-order valence-corrected chi connectivity index (χ4v) is 4.43. The van der Waals surface area contributed by atoms with E-state index in [1.807, 2.05) is 36.4 Å². The lowest BCUT2D eigenvalue weighted by Crippen LogP contribution is -2.26. The molecular weight excluding hydrogens is 372 g/mol. The molecule has 6 heteroatoms. The zero-order valence-corrected chi connectivity index (χ0v) is 16.8. The molecule has 0 spiro atoms. The third-order valence-corrected chi connectivity index (χ3v) is 6.01. The minimum atomic E-state index is -0.0846. The quantitative estimate of drug-likeness (QED) is 0.697. The first-order chi connectivity index (χ1) is 13.6. The Labute approximate surface area is 168 Å². The number of fused-ring (bicyclic) bond motifs is 2. The van der Waals surface area contributed by atoms with Gasteiger partial charge in [0.1, 0.15) is 11.3 Å². The van der Waals surface area contributed by atoms with Crippen molar-refractivity contribution < 1.29 is 14.0 Å². The van der Waals surface area contributed by atoms with Gasteiger partial charge in [-0.25, -0.2) is 0 Å². The van der Waals surface area contributed by atoms with Crippen molar-refractivity contribution in [3.8, 4) is 0 Å². The Bertz CT molecular complexity index is 1060. The smallest absolute Gasteiger partial charge is 0.253 e. The van der Waals surface area contributed by atoms with Gasteiger partial charge in [-0.3, -0.25) is 9.59 Å². The maximum Gasteiger partial charge on any atom is 0.253 e. The van der Waals surface area contributed by atoms with Gasteiger partial charge in [0.15, 0.2) is 0 Å². The van der Waals surface area contributed by atoms with Gasteiger partial charge < -0.3 is 14.6 Å². The van der Waals surface area contributed by atoms with Crippen LogP contribution in [-0.4, -0.2) is 29.5 Å². The second kappa shape index (κ2) is 7.72. The van der Waals surface area contributed by atoms with E-state index >= 15 is 0 Å². The summed E-state index contributed by atoms with van der Waals surface area (Å²) in [6.07, 6.45) is 1.25. The Kier molecular flexibility index (Phi) is 5.13. The van der Waals surface area contributed by atoms with E-state index < -0.39 is 0 Å². The summed E-state index contributed by atoms with van der Waals surface area (Å²) < 4.78 is 5.95. The van der Waals surface area contributed by atoms with Crippen LogP contribution in [0.2, 0.25) is 0 Å². The molecule has 0 unspecified atom stereocenters. The highest BCUT2D eigenvalue weighted by Gasteiger charge is 2.20. The number of nitrogens with one attached hydrogen (secondary N) is 1. The van der Waals surface area contributed by atoms with Gasteiger partial charge in [0.05, 0.1) is 5.69 Å². The van der Waals surface area contributed by atoms with E-state index in [1.165, 1.54) is 0 Å². The molecule has 2 amide bonds. The number of aryl methyl sites for hydroxylation is 1. The summed E-state index contributed by atoms with van der Waals surface area (Å²) in [5, 5.41) is 3.94. The van der Waals surface area contributed by atoms with E-state index in [0.717, 1.165) is 45.0 Å². The molecule has 0 fully saturated rings. The summed E-state index contributed by atoms with van der Waals surface area (Å²) in [6.45, 7) is 2.52. The van der Waals surface area contributed by atoms with Crippen LogP contribution < -0.4 is 5.32 Å². The molecule has 5 nitrogen and oxygen atoms in total. The number of nitrogens with zero attached hydrogens (tertiary/aromatic N) is 1. The maximum atomic E-state index is 13.0. The molecule has 0 saturated carbocycles. The number of rotatable bonds is 4. The van der Waals surface area contributed by atoms with Gasteiger partial charge in [-0.1, -0.05) is 25.1 Å². The van der Waals surface area contributed by atoms with Crippen molar-refractivity contribution in [1.82, 2.24) is 4.90 Å². The highest BCUT2D eigenvalue weighted by molar-refractivity contribution is 7.99. The lowest BCUT2D eigenvalue weighted by Gasteiger charge is -2.18. The molecule has 0 atom stereocenters. The molecule has 0 saturated heterocycles. The first kappa shape index (κ1) is 18.6. The van der Waals surface area contributed by atoms with E-state index in [2.05, 4.69) is 12.2 Å². The first-order valence-corrected chi connectivity index (χ1v) is 10.4. The van der Waals surface area contributed by atoms with Crippen LogP contribution in [0.5, 0.6) is 0 Å². The maximum absolute atomic E-state index is 13.0. The number of hydrogen-bond acceptors (Lipinski definition) is 4. The fraction of sp³-hybridized carbons (Fsp3) is 0.273. The molecule has 2 aromatic carbocycles. The van der Waals surface area contributed by atoms with Gasteiger partial charge in [0.25, 0.3) is 5.91 Å². The van der Waals surface area contributed by atoms with E-state index in [-0.39, 0.29) is 11.8 Å². The summed E-state index contributed by atoms with van der Waals surface area (Å²) in [5.74, 6) is 1.56. The number of furan rings is 1. The number of thioether (sulfide) groups is 1. The van der Waals surface area contributed by atoms with Gasteiger partial charge in [-0.15, -0.1) is 11.8 Å². The minimum Gasteiger partial charge on any atom is -0.461 e. The van der Waals surface area contributed by atoms with Crippen LogP contribution in [-0.2, 0) is 17.8 Å². The lowest BCUT2D eigenvalue weighted by atomic mass is 10.1. The minimum absolute atomic E-state index is 0.0124. The molecule has 4 rings (SSSR count). The Morgan fingerprint density at radius 3 is 2.89 bits per heavy atom. The molecule has 1 N–H and O–H groups in total. The monoisotopic (exact) mass is 394 g/mol. The summed E-state index contributed by atoms with van der Waals surface area (Å²) in [4.78, 5) is 27.6. The second-order valence-corrected chi connectivity index (χ2v) is 8.01. The SMILES string of the molecule is CCc1oc2ccccc2c1CN(C)C(=O)c1ccc2c(c1)NC(=O)CCS2. The van der Waals surface area contributed by atoms with Crippen molar-refractivity contribution in [2.45, 2.75) is 31.2 Å². The Balaban J connectivity index is 1.60. The van der Waals surface area contributed by atoms with Crippen molar-refractivity contribution in [2.75, 3.05) is 18.1 Å². The molecular formula is C22H22N2O3S. The number of amides is 2. The molecule has 0 bridgehead atoms. The summed E-state index contributed by atoms with van der Waals surface area (Å²) in [5.41, 5.74) is 3.18. The van der Waals surface area contributed by atoms with E-state index in [0.29, 0.717) is 18.5 Å². The average molecular weight is 394 g/mol. The third kappa shape index (κ3) is 3.52. The van der Waals surface area contributed by atoms with E-state index in [4.69, 9.17) is 4.42 Å². The molecule has 0 radical (unpaired) electrons. The fourth-order valence-electron chi connectivity index (χ4n) is 3.49. The third-order valence-electron chi connectivity index (χ3n) is 4.93. The number of carbonyl (C=O) groups excluding carboxylic acids is 2. The van der Waals surface area contributed by atoms with Gasteiger partial charge in [-0.2, -0.15) is 0 Å². The van der Waals surface area contributed by atoms with Crippen molar-refractivity contribution >= 4 is 40.2 Å². The van der Waals surface area contributed by atoms with E-state index in [1.54, 1.807) is 29.8 Å². The zero-order chi connectivity index (χ0) is 19.7. The van der Waals surface area contributed by atoms with Gasteiger partial charge in [-0.05, 0) is 24.3 Å². The Hall–Kier alpha value is -2.73. The number of carbonyl (C=O) groups is 2. The molecule has 1 aliphatic heterocycles. The molecule has 2 heterocycles. The van der Waals surface area contributed by atoms with Crippen LogP contribution >= 0.6 is 11.8 Å². The summed E-state index contributed by atoms with van der Waals surface area (Å²) in [6, 6.07) is 13.4. The largest absolute Gasteiger partial charge is 0.461 e. The predicted octanol–water partition coefficient (Wildman–Crippen LogP) is 4.70. The highest BCUT2D eigenvalue weighted by atomic mass is 32.2. The summed E-state index contributed by atoms with van der Waals surface area (Å²) in [7, 11) is 1.79. The first-order valence-electron chi connectivity index (χ1n) is 9.38. The standard InChI is InChI=1S/C22H22N2O3S/c1-3-18-16(15-6-4-5-7-19(15)27-18)13-24(2)22(26)14-8-9-20-17(12-14)23-21(25)10-11-28-20/h4-9,12H,3,10-11,13H2,1-2H3,(H,23,25). The van der Waals surface area contributed by atoms with Crippen LogP contribution in [0.15, 0.2) is 51.8 Å². The highest BCUT2D eigenvalue weighted by Crippen LogP contribution is 2.32. The molecule has 1 aliphatic rings. The van der Waals surface area contributed by atoms with Gasteiger partial charge in [0.2, 0.25) is 5.91 Å². The Morgan fingerprint density at radius 2 is 2.07 bits per heavy atom. The Morgan fingerprint density at radius 1 is 1.25 bits per heavy atom. The number of hydrogen-bond donors (Lipinski definition) is 1. The second-order valence-electron chi connectivity index (χ2n) is 6.87. The van der Waals surface area contributed by atoms with Crippen LogP contribution in [0.1, 0.15) is 35.0 Å². The number of anilines is 1. The van der Waals surface area contributed by atoms with Crippen molar-refractivity contribution in [2.24, 2.45) is 0 Å². The summed E-state index contributed by atoms with van der Waals surface area (Å²) >= 11 is 1.63. The molecule has 144 valence electrons. The van der Waals surface area contributed by atoms with Crippen molar-refractivity contribution in [3.63, 3.8) is 0 Å². The lowest BCUT2D eigenvalue weighted by molar-refractivity contribution is -0.115. The van der Waals surface area contributed by atoms with Crippen LogP contribution in [0.3, 0.4) is 0 Å². The molecule has 3 aromatic rings. The average Bonchev–Trinajstić information content (AvgIpc) is 2.94. The van der Waals surface area contributed by atoms with Crippen molar-refractivity contribution in [3.05, 3.63) is 59.4 Å². The van der Waals surface area contributed by atoms with Crippen LogP contribution in [0.25, 0.3) is 11.0 Å². The van der Waals surface area contributed by atoms with Crippen LogP contribution in [0, 0.1) is 0 Å². The van der Waals surface area contributed by atoms with Gasteiger partial charge >= 0.3 is 0 Å². The van der Waals surface area contributed by atoms with E-state index in [9.17, 15) is 9.59 Å². The number of para-hydroxylation sites is 1. The molecule has 0 aliphatic carbocycles. The predicted molar refractivity (Wildman–Crippen MR) is 112 cm³/mol. The number of benzene rings is 2.